The van der Waals surface area contributed by atoms with E-state index in [0.717, 1.165) is 32.1 Å². The SMILES string of the molecule is O=C(COC(=O)C12C[C@@H]3C[C@@H](CC(Cl)(C3)C1)C2)NCC(=O)Nc1ccc(F)cc1. The summed E-state index contributed by atoms with van der Waals surface area (Å²) in [7, 11) is 0. The van der Waals surface area contributed by atoms with E-state index in [-0.39, 0.29) is 17.4 Å². The van der Waals surface area contributed by atoms with E-state index in [2.05, 4.69) is 10.6 Å². The van der Waals surface area contributed by atoms with Crippen LogP contribution in [-0.4, -0.2) is 35.8 Å². The molecule has 29 heavy (non-hydrogen) atoms. The molecule has 6 nitrogen and oxygen atoms in total. The van der Waals surface area contributed by atoms with Crippen LogP contribution in [0.5, 0.6) is 0 Å². The minimum atomic E-state index is -0.563. The van der Waals surface area contributed by atoms with Crippen LogP contribution >= 0.6 is 11.6 Å². The van der Waals surface area contributed by atoms with Gasteiger partial charge in [-0.3, -0.25) is 14.4 Å². The molecule has 0 spiro atoms. The summed E-state index contributed by atoms with van der Waals surface area (Å²) in [6.45, 7) is -0.692. The third kappa shape index (κ3) is 4.39. The summed E-state index contributed by atoms with van der Waals surface area (Å²) in [5, 5.41) is 4.96. The molecule has 156 valence electrons. The predicted molar refractivity (Wildman–Crippen MR) is 105 cm³/mol. The molecular weight excluding hydrogens is 399 g/mol. The average molecular weight is 423 g/mol. The van der Waals surface area contributed by atoms with E-state index < -0.39 is 29.7 Å². The molecule has 0 heterocycles. The van der Waals surface area contributed by atoms with Gasteiger partial charge in [0.25, 0.3) is 5.91 Å². The lowest BCUT2D eigenvalue weighted by Gasteiger charge is -2.58. The fraction of sp³-hybridized carbons (Fsp3) is 0.571. The van der Waals surface area contributed by atoms with Gasteiger partial charge in [-0.15, -0.1) is 11.6 Å². The second kappa shape index (κ2) is 7.59. The van der Waals surface area contributed by atoms with Crippen LogP contribution in [0.1, 0.15) is 38.5 Å². The summed E-state index contributed by atoms with van der Waals surface area (Å²) in [5.74, 6) is -0.824. The molecule has 0 saturated heterocycles. The average Bonchev–Trinajstić information content (AvgIpc) is 2.64. The van der Waals surface area contributed by atoms with E-state index in [4.69, 9.17) is 16.3 Å². The smallest absolute Gasteiger partial charge is 0.312 e. The van der Waals surface area contributed by atoms with Crippen LogP contribution in [0, 0.1) is 23.1 Å². The first kappa shape index (κ1) is 20.1. The van der Waals surface area contributed by atoms with Gasteiger partial charge >= 0.3 is 5.97 Å². The Labute approximate surface area is 173 Å². The number of alkyl halides is 1. The summed E-state index contributed by atoms with van der Waals surface area (Å²) in [6, 6.07) is 5.30. The number of nitrogens with one attached hydrogen (secondary N) is 2. The molecule has 8 heteroatoms. The van der Waals surface area contributed by atoms with Gasteiger partial charge in [0.05, 0.1) is 12.0 Å². The lowest BCUT2D eigenvalue weighted by atomic mass is 9.49. The number of halogens is 2. The molecule has 4 atom stereocenters. The Hall–Kier alpha value is -2.15. The van der Waals surface area contributed by atoms with Crippen molar-refractivity contribution in [1.29, 1.82) is 0 Å². The van der Waals surface area contributed by atoms with Gasteiger partial charge in [0.15, 0.2) is 6.61 Å². The van der Waals surface area contributed by atoms with Crippen molar-refractivity contribution in [3.63, 3.8) is 0 Å². The van der Waals surface area contributed by atoms with Gasteiger partial charge in [-0.2, -0.15) is 0 Å². The van der Waals surface area contributed by atoms with E-state index in [1.54, 1.807) is 0 Å². The van der Waals surface area contributed by atoms with E-state index >= 15 is 0 Å². The molecule has 4 bridgehead atoms. The molecule has 4 aliphatic rings. The number of esters is 1. The van der Waals surface area contributed by atoms with Gasteiger partial charge in [0, 0.05) is 10.6 Å². The molecule has 0 radical (unpaired) electrons. The van der Waals surface area contributed by atoms with Gasteiger partial charge in [-0.25, -0.2) is 4.39 Å². The summed E-state index contributed by atoms with van der Waals surface area (Å²) < 4.78 is 18.2. The van der Waals surface area contributed by atoms with E-state index in [1.165, 1.54) is 24.3 Å². The molecule has 1 aromatic carbocycles. The highest BCUT2D eigenvalue weighted by Crippen LogP contribution is 2.64. The van der Waals surface area contributed by atoms with Gasteiger partial charge in [0.1, 0.15) is 5.82 Å². The number of carbonyl (C=O) groups excluding carboxylic acids is 3. The van der Waals surface area contributed by atoms with Crippen LogP contribution in [-0.2, 0) is 19.1 Å². The van der Waals surface area contributed by atoms with Crippen LogP contribution in [0.4, 0.5) is 10.1 Å². The number of amides is 2. The molecule has 4 fully saturated rings. The Balaban J connectivity index is 1.23. The van der Waals surface area contributed by atoms with E-state index in [1.807, 2.05) is 0 Å². The van der Waals surface area contributed by atoms with Gasteiger partial charge in [0.2, 0.25) is 5.91 Å². The highest BCUT2D eigenvalue weighted by atomic mass is 35.5. The summed E-state index contributed by atoms with van der Waals surface area (Å²) in [5.41, 5.74) is -0.139. The van der Waals surface area contributed by atoms with Crippen LogP contribution in [0.15, 0.2) is 24.3 Å². The van der Waals surface area contributed by atoms with Crippen molar-refractivity contribution in [1.82, 2.24) is 5.32 Å². The van der Waals surface area contributed by atoms with Crippen LogP contribution < -0.4 is 10.6 Å². The van der Waals surface area contributed by atoms with Crippen molar-refractivity contribution in [3.8, 4) is 0 Å². The summed E-state index contributed by atoms with van der Waals surface area (Å²) in [6.07, 6.45) is 5.26. The van der Waals surface area contributed by atoms with Gasteiger partial charge in [-0.1, -0.05) is 0 Å². The second-order valence-electron chi connectivity index (χ2n) is 8.80. The first-order valence-corrected chi connectivity index (χ1v) is 10.3. The van der Waals surface area contributed by atoms with Crippen molar-refractivity contribution in [2.24, 2.45) is 17.3 Å². The van der Waals surface area contributed by atoms with Crippen molar-refractivity contribution in [3.05, 3.63) is 30.1 Å². The Kier molecular flexibility index (Phi) is 5.27. The molecular formula is C21H24ClFN2O4. The van der Waals surface area contributed by atoms with Crippen LogP contribution in [0.2, 0.25) is 0 Å². The Bertz CT molecular complexity index is 814. The Morgan fingerprint density at radius 2 is 1.72 bits per heavy atom. The van der Waals surface area contributed by atoms with Gasteiger partial charge in [-0.05, 0) is 74.6 Å². The third-order valence-electron chi connectivity index (χ3n) is 6.33. The van der Waals surface area contributed by atoms with Crippen LogP contribution in [0.25, 0.3) is 0 Å². The van der Waals surface area contributed by atoms with E-state index in [0.29, 0.717) is 23.9 Å². The molecule has 2 amide bonds. The molecule has 2 unspecified atom stereocenters. The van der Waals surface area contributed by atoms with Crippen molar-refractivity contribution in [2.45, 2.75) is 43.4 Å². The fourth-order valence-electron chi connectivity index (χ4n) is 5.64. The Morgan fingerprint density at radius 3 is 2.34 bits per heavy atom. The number of rotatable bonds is 6. The van der Waals surface area contributed by atoms with E-state index in [9.17, 15) is 18.8 Å². The Morgan fingerprint density at radius 1 is 1.07 bits per heavy atom. The predicted octanol–water partition coefficient (Wildman–Crippen LogP) is 3.00. The molecule has 0 aromatic heterocycles. The van der Waals surface area contributed by atoms with Crippen molar-refractivity contribution < 1.29 is 23.5 Å². The molecule has 4 saturated carbocycles. The topological polar surface area (TPSA) is 84.5 Å². The summed E-state index contributed by atoms with van der Waals surface area (Å²) >= 11 is 6.73. The maximum absolute atomic E-state index is 12.9. The minimum Gasteiger partial charge on any atom is -0.455 e. The zero-order valence-corrected chi connectivity index (χ0v) is 16.8. The fourth-order valence-corrected chi connectivity index (χ4v) is 6.33. The minimum absolute atomic E-state index is 0.270. The molecule has 4 aliphatic carbocycles. The zero-order valence-electron chi connectivity index (χ0n) is 16.0. The third-order valence-corrected chi connectivity index (χ3v) is 6.77. The number of benzene rings is 1. The summed E-state index contributed by atoms with van der Waals surface area (Å²) in [4.78, 5) is 36.3. The quantitative estimate of drug-likeness (QED) is 0.545. The zero-order chi connectivity index (χ0) is 20.6. The normalized spacial score (nSPS) is 31.9. The number of hydrogen-bond donors (Lipinski definition) is 2. The second-order valence-corrected chi connectivity index (χ2v) is 9.60. The highest BCUT2D eigenvalue weighted by molar-refractivity contribution is 6.24. The lowest BCUT2D eigenvalue weighted by molar-refractivity contribution is -0.171. The maximum atomic E-state index is 12.9. The van der Waals surface area contributed by atoms with Crippen molar-refractivity contribution in [2.75, 3.05) is 18.5 Å². The maximum Gasteiger partial charge on any atom is 0.312 e. The first-order chi connectivity index (χ1) is 13.8. The molecule has 2 N–H and O–H groups in total. The molecule has 5 rings (SSSR count). The highest BCUT2D eigenvalue weighted by Gasteiger charge is 2.60. The standard InChI is InChI=1S/C21H24ClFN2O4/c22-21-8-13-5-14(9-21)7-20(6-13,12-21)19(28)29-11-18(27)24-10-17(26)25-16-3-1-15(23)2-4-16/h1-4,13-14H,5-12H2,(H,24,27)(H,25,26)/t13-,14+,20?,21?. The number of carbonyl (C=O) groups is 3. The largest absolute Gasteiger partial charge is 0.455 e. The number of ether oxygens (including phenoxy) is 1. The van der Waals surface area contributed by atoms with Crippen LogP contribution in [0.3, 0.4) is 0 Å². The lowest BCUT2D eigenvalue weighted by Crippen LogP contribution is -2.56. The van der Waals surface area contributed by atoms with Crippen molar-refractivity contribution >= 4 is 35.1 Å². The monoisotopic (exact) mass is 422 g/mol. The van der Waals surface area contributed by atoms with Gasteiger partial charge < -0.3 is 15.4 Å². The molecule has 0 aliphatic heterocycles. The first-order valence-electron chi connectivity index (χ1n) is 9.94. The number of anilines is 1. The molecule has 1 aromatic rings. The number of hydrogen-bond acceptors (Lipinski definition) is 4.